The summed E-state index contributed by atoms with van der Waals surface area (Å²) < 4.78 is 35.9. The molecule has 0 saturated carbocycles. The molecule has 0 aliphatic carbocycles. The lowest BCUT2D eigenvalue weighted by molar-refractivity contribution is -0.135. The third-order valence-electron chi connectivity index (χ3n) is 1.91. The van der Waals surface area contributed by atoms with Crippen LogP contribution < -0.4 is 0 Å². The SMILES string of the molecule is FC(F)(F)CCC(Br)c1ccc(Cl)cc1. The van der Waals surface area contributed by atoms with E-state index in [1.807, 2.05) is 0 Å². The Morgan fingerprint density at radius 2 is 1.73 bits per heavy atom. The Kier molecular flexibility index (Phi) is 4.46. The number of benzene rings is 1. The first-order valence-electron chi connectivity index (χ1n) is 4.35. The van der Waals surface area contributed by atoms with E-state index in [0.717, 1.165) is 5.56 Å². The van der Waals surface area contributed by atoms with Gasteiger partial charge in [0.1, 0.15) is 0 Å². The van der Waals surface area contributed by atoms with Crippen LogP contribution in [0.5, 0.6) is 0 Å². The number of alkyl halides is 4. The largest absolute Gasteiger partial charge is 0.389 e. The van der Waals surface area contributed by atoms with E-state index in [-0.39, 0.29) is 11.2 Å². The van der Waals surface area contributed by atoms with E-state index >= 15 is 0 Å². The van der Waals surface area contributed by atoms with E-state index in [1.165, 1.54) is 0 Å². The smallest absolute Gasteiger partial charge is 0.171 e. The predicted molar refractivity (Wildman–Crippen MR) is 58.4 cm³/mol. The molecule has 0 bridgehead atoms. The van der Waals surface area contributed by atoms with Gasteiger partial charge in [-0.15, -0.1) is 0 Å². The highest BCUT2D eigenvalue weighted by Crippen LogP contribution is 2.33. The predicted octanol–water partition coefficient (Wildman–Crippen LogP) is 5.12. The van der Waals surface area contributed by atoms with Crippen molar-refractivity contribution in [1.82, 2.24) is 0 Å². The lowest BCUT2D eigenvalue weighted by Gasteiger charge is -2.11. The maximum absolute atomic E-state index is 12.0. The van der Waals surface area contributed by atoms with Crippen molar-refractivity contribution in [1.29, 1.82) is 0 Å². The van der Waals surface area contributed by atoms with Gasteiger partial charge in [-0.25, -0.2) is 0 Å². The fraction of sp³-hybridized carbons (Fsp3) is 0.400. The topological polar surface area (TPSA) is 0 Å². The molecular formula is C10H9BrClF3. The van der Waals surface area contributed by atoms with E-state index in [4.69, 9.17) is 11.6 Å². The minimum absolute atomic E-state index is 0.0329. The van der Waals surface area contributed by atoms with Crippen LogP contribution in [0.15, 0.2) is 24.3 Å². The highest BCUT2D eigenvalue weighted by Gasteiger charge is 2.27. The second kappa shape index (κ2) is 5.21. The Hall–Kier alpha value is -0.220. The molecule has 1 rings (SSSR count). The first kappa shape index (κ1) is 12.8. The van der Waals surface area contributed by atoms with Gasteiger partial charge in [0.2, 0.25) is 0 Å². The Bertz CT molecular complexity index is 307. The second-order valence-corrected chi connectivity index (χ2v) is 4.71. The van der Waals surface area contributed by atoms with Gasteiger partial charge in [0.15, 0.2) is 0 Å². The molecule has 1 unspecified atom stereocenters. The maximum atomic E-state index is 12.0. The summed E-state index contributed by atoms with van der Waals surface area (Å²) in [6.07, 6.45) is -4.85. The highest BCUT2D eigenvalue weighted by atomic mass is 79.9. The minimum atomic E-state index is -4.10. The molecule has 0 radical (unpaired) electrons. The lowest BCUT2D eigenvalue weighted by Crippen LogP contribution is -2.08. The van der Waals surface area contributed by atoms with E-state index < -0.39 is 12.6 Å². The fourth-order valence-electron chi connectivity index (χ4n) is 1.13. The van der Waals surface area contributed by atoms with E-state index in [0.29, 0.717) is 5.02 Å². The number of halogens is 5. The van der Waals surface area contributed by atoms with Crippen LogP contribution in [0.1, 0.15) is 23.2 Å². The first-order chi connectivity index (χ1) is 6.88. The summed E-state index contributed by atoms with van der Waals surface area (Å²) in [6.45, 7) is 0. The van der Waals surface area contributed by atoms with Crippen LogP contribution in [0.4, 0.5) is 13.2 Å². The van der Waals surface area contributed by atoms with Gasteiger partial charge < -0.3 is 0 Å². The summed E-state index contributed by atoms with van der Waals surface area (Å²) in [5, 5.41) is 0.578. The van der Waals surface area contributed by atoms with Crippen molar-refractivity contribution in [3.63, 3.8) is 0 Å². The standard InChI is InChI=1S/C10H9BrClF3/c11-9(5-6-10(13,14)15)7-1-3-8(12)4-2-7/h1-4,9H,5-6H2. The van der Waals surface area contributed by atoms with Crippen LogP contribution >= 0.6 is 27.5 Å². The van der Waals surface area contributed by atoms with Crippen molar-refractivity contribution >= 4 is 27.5 Å². The van der Waals surface area contributed by atoms with Gasteiger partial charge in [0, 0.05) is 16.3 Å². The van der Waals surface area contributed by atoms with Gasteiger partial charge in [-0.2, -0.15) is 13.2 Å². The van der Waals surface area contributed by atoms with Crippen LogP contribution in [0.3, 0.4) is 0 Å². The summed E-state index contributed by atoms with van der Waals surface area (Å²) in [5.74, 6) is 0. The Balaban J connectivity index is 2.54. The van der Waals surface area contributed by atoms with Crippen molar-refractivity contribution in [2.24, 2.45) is 0 Å². The van der Waals surface area contributed by atoms with Crippen molar-refractivity contribution in [2.45, 2.75) is 23.8 Å². The molecule has 84 valence electrons. The fourth-order valence-corrected chi connectivity index (χ4v) is 1.79. The molecule has 0 saturated heterocycles. The Morgan fingerprint density at radius 1 is 1.20 bits per heavy atom. The molecule has 0 nitrogen and oxygen atoms in total. The lowest BCUT2D eigenvalue weighted by atomic mass is 10.1. The van der Waals surface area contributed by atoms with Crippen LogP contribution in [-0.2, 0) is 0 Å². The van der Waals surface area contributed by atoms with Crippen molar-refractivity contribution < 1.29 is 13.2 Å². The third-order valence-corrected chi connectivity index (χ3v) is 3.15. The average Bonchev–Trinajstić information content (AvgIpc) is 2.14. The Morgan fingerprint density at radius 3 is 2.20 bits per heavy atom. The number of hydrogen-bond acceptors (Lipinski definition) is 0. The third kappa shape index (κ3) is 4.89. The molecule has 0 aromatic heterocycles. The summed E-state index contributed by atoms with van der Waals surface area (Å²) >= 11 is 8.89. The summed E-state index contributed by atoms with van der Waals surface area (Å²) in [5.41, 5.74) is 0.809. The van der Waals surface area contributed by atoms with Crippen LogP contribution in [-0.4, -0.2) is 6.18 Å². The molecule has 15 heavy (non-hydrogen) atoms. The zero-order chi connectivity index (χ0) is 11.5. The summed E-state index contributed by atoms with van der Waals surface area (Å²) in [7, 11) is 0. The number of hydrogen-bond donors (Lipinski definition) is 0. The van der Waals surface area contributed by atoms with Crippen molar-refractivity contribution in [2.75, 3.05) is 0 Å². The molecule has 0 fully saturated rings. The molecule has 1 atom stereocenters. The molecule has 1 aromatic carbocycles. The highest BCUT2D eigenvalue weighted by molar-refractivity contribution is 9.09. The summed E-state index contributed by atoms with van der Waals surface area (Å²) in [6, 6.07) is 6.77. The maximum Gasteiger partial charge on any atom is 0.389 e. The molecule has 1 aromatic rings. The molecular weight excluding hydrogens is 292 g/mol. The van der Waals surface area contributed by atoms with Gasteiger partial charge in [0.25, 0.3) is 0 Å². The van der Waals surface area contributed by atoms with Crippen LogP contribution in [0.2, 0.25) is 5.02 Å². The summed E-state index contributed by atoms with van der Waals surface area (Å²) in [4.78, 5) is -0.281. The van der Waals surface area contributed by atoms with Gasteiger partial charge >= 0.3 is 6.18 Å². The first-order valence-corrected chi connectivity index (χ1v) is 5.64. The zero-order valence-electron chi connectivity index (χ0n) is 7.69. The van der Waals surface area contributed by atoms with Crippen LogP contribution in [0, 0.1) is 0 Å². The molecule has 0 spiro atoms. The quantitative estimate of drug-likeness (QED) is 0.680. The molecule has 0 heterocycles. The van der Waals surface area contributed by atoms with E-state index in [2.05, 4.69) is 15.9 Å². The molecule has 0 aliphatic heterocycles. The van der Waals surface area contributed by atoms with E-state index in [9.17, 15) is 13.2 Å². The molecule has 0 amide bonds. The molecule has 0 N–H and O–H groups in total. The van der Waals surface area contributed by atoms with Crippen LogP contribution in [0.25, 0.3) is 0 Å². The monoisotopic (exact) mass is 300 g/mol. The Labute approximate surface area is 99.6 Å². The van der Waals surface area contributed by atoms with Gasteiger partial charge in [-0.05, 0) is 24.1 Å². The van der Waals surface area contributed by atoms with Gasteiger partial charge in [-0.1, -0.05) is 39.7 Å². The van der Waals surface area contributed by atoms with Crippen molar-refractivity contribution in [3.8, 4) is 0 Å². The zero-order valence-corrected chi connectivity index (χ0v) is 10.0. The minimum Gasteiger partial charge on any atom is -0.171 e. The van der Waals surface area contributed by atoms with Crippen molar-refractivity contribution in [3.05, 3.63) is 34.9 Å². The molecule has 0 aliphatic rings. The van der Waals surface area contributed by atoms with Gasteiger partial charge in [-0.3, -0.25) is 0 Å². The normalized spacial score (nSPS) is 13.9. The van der Waals surface area contributed by atoms with E-state index in [1.54, 1.807) is 24.3 Å². The van der Waals surface area contributed by atoms with Gasteiger partial charge in [0.05, 0.1) is 0 Å². The average molecular weight is 302 g/mol. The second-order valence-electron chi connectivity index (χ2n) is 3.17. The number of rotatable bonds is 3. The molecule has 5 heteroatoms.